The molecule has 1 aliphatic heterocycles. The predicted molar refractivity (Wildman–Crippen MR) is 139 cm³/mol. The fourth-order valence-electron chi connectivity index (χ4n) is 4.36. The summed E-state index contributed by atoms with van der Waals surface area (Å²) in [4.78, 5) is 21.5. The molecule has 1 aromatic heterocycles. The number of benzene rings is 2. The molecule has 0 bridgehead atoms. The average molecular weight is 519 g/mol. The minimum Gasteiger partial charge on any atom is -0.474 e. The third kappa shape index (κ3) is 5.43. The monoisotopic (exact) mass is 517 g/mol. The van der Waals surface area contributed by atoms with Gasteiger partial charge in [-0.2, -0.15) is 0 Å². The molecule has 1 amide bonds. The molecule has 1 saturated heterocycles. The van der Waals surface area contributed by atoms with Crippen LogP contribution in [0.5, 0.6) is 5.88 Å². The van der Waals surface area contributed by atoms with E-state index in [-0.39, 0.29) is 23.8 Å². The van der Waals surface area contributed by atoms with E-state index >= 15 is 0 Å². The average Bonchev–Trinajstić information content (AvgIpc) is 3.27. The Hall–Kier alpha value is -2.47. The Morgan fingerprint density at radius 3 is 2.38 bits per heavy atom. The summed E-state index contributed by atoms with van der Waals surface area (Å²) in [6.45, 7) is 3.11. The first-order chi connectivity index (χ1) is 16.2. The van der Waals surface area contributed by atoms with Gasteiger partial charge in [-0.15, -0.1) is 0 Å². The minimum atomic E-state index is -0.206. The van der Waals surface area contributed by atoms with Crippen molar-refractivity contribution < 1.29 is 9.53 Å². The van der Waals surface area contributed by atoms with Crippen LogP contribution in [0.1, 0.15) is 28.8 Å². The Balaban J connectivity index is 1.59. The molecular formula is C26H26Cl3N3O2. The van der Waals surface area contributed by atoms with Crippen LogP contribution in [0.3, 0.4) is 0 Å². The van der Waals surface area contributed by atoms with Gasteiger partial charge in [0.05, 0.1) is 15.1 Å². The molecule has 5 nitrogen and oxygen atoms in total. The lowest BCUT2D eigenvalue weighted by Gasteiger charge is -2.25. The van der Waals surface area contributed by atoms with E-state index in [1.54, 1.807) is 24.4 Å². The number of carbonyl (C=O) groups is 1. The lowest BCUT2D eigenvalue weighted by molar-refractivity contribution is 0.0769. The van der Waals surface area contributed by atoms with Crippen molar-refractivity contribution in [1.29, 1.82) is 0 Å². The fourth-order valence-corrected chi connectivity index (χ4v) is 4.78. The Bertz CT molecular complexity index is 1150. The number of nitrogens with zero attached hydrogens (tertiary/aromatic N) is 3. The summed E-state index contributed by atoms with van der Waals surface area (Å²) in [5.41, 5.74) is 2.73. The van der Waals surface area contributed by atoms with E-state index in [1.165, 1.54) is 0 Å². The van der Waals surface area contributed by atoms with E-state index in [0.29, 0.717) is 39.6 Å². The van der Waals surface area contributed by atoms with Gasteiger partial charge >= 0.3 is 0 Å². The fraction of sp³-hybridized carbons (Fsp3) is 0.308. The van der Waals surface area contributed by atoms with Crippen LogP contribution in [0.25, 0.3) is 0 Å². The van der Waals surface area contributed by atoms with Crippen molar-refractivity contribution in [3.05, 3.63) is 87.0 Å². The summed E-state index contributed by atoms with van der Waals surface area (Å²) < 4.78 is 6.16. The van der Waals surface area contributed by atoms with E-state index in [0.717, 1.165) is 11.3 Å². The van der Waals surface area contributed by atoms with Crippen LogP contribution in [-0.4, -0.2) is 49.1 Å². The second-order valence-corrected chi connectivity index (χ2v) is 9.98. The van der Waals surface area contributed by atoms with Crippen molar-refractivity contribution >= 4 is 46.4 Å². The Kier molecular flexibility index (Phi) is 7.56. The van der Waals surface area contributed by atoms with Gasteiger partial charge in [0.2, 0.25) is 5.88 Å². The van der Waals surface area contributed by atoms with Gasteiger partial charge < -0.3 is 14.5 Å². The molecule has 1 fully saturated rings. The Morgan fingerprint density at radius 1 is 1.03 bits per heavy atom. The van der Waals surface area contributed by atoms with Gasteiger partial charge in [0, 0.05) is 62.5 Å². The number of hydrogen-bond acceptors (Lipinski definition) is 4. The zero-order valence-corrected chi connectivity index (χ0v) is 21.5. The maximum absolute atomic E-state index is 13.4. The molecule has 178 valence electrons. The highest BCUT2D eigenvalue weighted by Crippen LogP contribution is 2.39. The highest BCUT2D eigenvalue weighted by molar-refractivity contribution is 6.42. The lowest BCUT2D eigenvalue weighted by atomic mass is 9.86. The maximum atomic E-state index is 13.4. The van der Waals surface area contributed by atoms with Crippen LogP contribution in [0.4, 0.5) is 5.69 Å². The van der Waals surface area contributed by atoms with Gasteiger partial charge in [0.15, 0.2) is 0 Å². The van der Waals surface area contributed by atoms with Gasteiger partial charge in [-0.25, -0.2) is 4.98 Å². The summed E-state index contributed by atoms with van der Waals surface area (Å²) in [5.74, 6) is 0.547. The van der Waals surface area contributed by atoms with Crippen molar-refractivity contribution in [1.82, 2.24) is 9.88 Å². The van der Waals surface area contributed by atoms with E-state index < -0.39 is 0 Å². The van der Waals surface area contributed by atoms with E-state index in [2.05, 4.69) is 4.98 Å². The van der Waals surface area contributed by atoms with Crippen LogP contribution in [0.2, 0.25) is 15.1 Å². The number of anilines is 1. The van der Waals surface area contributed by atoms with Crippen LogP contribution in [0.15, 0.2) is 60.8 Å². The molecule has 8 heteroatoms. The third-order valence-electron chi connectivity index (χ3n) is 6.26. The molecule has 4 rings (SSSR count). The maximum Gasteiger partial charge on any atom is 0.253 e. The second-order valence-electron chi connectivity index (χ2n) is 8.73. The van der Waals surface area contributed by atoms with Crippen molar-refractivity contribution in [2.75, 3.05) is 32.1 Å². The van der Waals surface area contributed by atoms with E-state index in [1.807, 2.05) is 67.2 Å². The molecule has 2 aromatic carbocycles. The minimum absolute atomic E-state index is 0.00492. The molecule has 0 N–H and O–H groups in total. The molecule has 0 aliphatic carbocycles. The molecule has 3 atom stereocenters. The molecular weight excluding hydrogens is 493 g/mol. The van der Waals surface area contributed by atoms with E-state index in [4.69, 9.17) is 39.5 Å². The summed E-state index contributed by atoms with van der Waals surface area (Å²) in [6, 6.07) is 16.8. The smallest absolute Gasteiger partial charge is 0.253 e. The van der Waals surface area contributed by atoms with Crippen molar-refractivity contribution in [3.63, 3.8) is 0 Å². The highest BCUT2D eigenvalue weighted by atomic mass is 35.5. The highest BCUT2D eigenvalue weighted by Gasteiger charge is 2.40. The Morgan fingerprint density at radius 2 is 1.76 bits per heavy atom. The summed E-state index contributed by atoms with van der Waals surface area (Å²) >= 11 is 18.4. The first-order valence-corrected chi connectivity index (χ1v) is 12.2. The molecule has 2 heterocycles. The predicted octanol–water partition coefficient (Wildman–Crippen LogP) is 6.43. The summed E-state index contributed by atoms with van der Waals surface area (Å²) in [5, 5.41) is 1.55. The largest absolute Gasteiger partial charge is 0.474 e. The molecule has 1 aliphatic rings. The number of hydrogen-bond donors (Lipinski definition) is 0. The first-order valence-electron chi connectivity index (χ1n) is 11.0. The number of likely N-dealkylation sites (tertiary alicyclic amines) is 1. The van der Waals surface area contributed by atoms with Crippen LogP contribution in [0, 0.1) is 5.92 Å². The zero-order valence-electron chi connectivity index (χ0n) is 19.2. The van der Waals surface area contributed by atoms with E-state index in [9.17, 15) is 4.79 Å². The van der Waals surface area contributed by atoms with Crippen LogP contribution < -0.4 is 9.64 Å². The molecule has 0 spiro atoms. The molecule has 0 unspecified atom stereocenters. The van der Waals surface area contributed by atoms with Crippen molar-refractivity contribution in [3.8, 4) is 5.88 Å². The van der Waals surface area contributed by atoms with Crippen LogP contribution >= 0.6 is 34.8 Å². The van der Waals surface area contributed by atoms with Crippen LogP contribution in [-0.2, 0) is 0 Å². The number of carbonyl (C=O) groups excluding carboxylic acids is 1. The number of halogens is 3. The number of ether oxygens (including phenoxy) is 1. The number of rotatable bonds is 6. The summed E-state index contributed by atoms with van der Waals surface area (Å²) in [6.07, 6.45) is 1.35. The number of aromatic nitrogens is 1. The molecule has 0 radical (unpaired) electrons. The quantitative estimate of drug-likeness (QED) is 0.377. The summed E-state index contributed by atoms with van der Waals surface area (Å²) in [7, 11) is 3.95. The van der Waals surface area contributed by atoms with Gasteiger partial charge in [0.1, 0.15) is 6.10 Å². The van der Waals surface area contributed by atoms with Gasteiger partial charge in [0.25, 0.3) is 5.91 Å². The topological polar surface area (TPSA) is 45.7 Å². The standard InChI is InChI=1S/C26H26Cl3N3O2/c1-16(34-25-11-7-19(27)13-30-25)21-14-32(15-22(21)18-6-10-23(28)24(29)12-18)26(33)17-4-8-20(9-5-17)31(2)3/h4-13,16,21-22H,14-15H2,1-3H3/t16-,21+,22+/m1/s1. The van der Waals surface area contributed by atoms with Gasteiger partial charge in [-0.1, -0.05) is 40.9 Å². The molecule has 0 saturated carbocycles. The normalized spacial score (nSPS) is 18.6. The molecule has 34 heavy (non-hydrogen) atoms. The zero-order chi connectivity index (χ0) is 24.4. The second kappa shape index (κ2) is 10.4. The SMILES string of the molecule is C[C@@H](Oc1ccc(Cl)cn1)[C@@H]1CN(C(=O)c2ccc(N(C)C)cc2)C[C@H]1c1ccc(Cl)c(Cl)c1. The third-order valence-corrected chi connectivity index (χ3v) is 7.23. The number of amides is 1. The van der Waals surface area contributed by atoms with Crippen molar-refractivity contribution in [2.45, 2.75) is 18.9 Å². The molecule has 3 aromatic rings. The van der Waals surface area contributed by atoms with Gasteiger partial charge in [-0.3, -0.25) is 4.79 Å². The van der Waals surface area contributed by atoms with Crippen molar-refractivity contribution in [2.24, 2.45) is 5.92 Å². The first kappa shape index (κ1) is 24.6. The van der Waals surface area contributed by atoms with Gasteiger partial charge in [-0.05, 0) is 55.0 Å². The number of pyridine rings is 1. The Labute approximate surface area is 215 Å². The lowest BCUT2D eigenvalue weighted by Crippen LogP contribution is -2.32.